The number of halogens is 2. The second kappa shape index (κ2) is 13.2. The molecule has 0 aliphatic heterocycles. The maximum Gasteiger partial charge on any atom is 0.345 e. The van der Waals surface area contributed by atoms with Gasteiger partial charge in [-0.2, -0.15) is 0 Å². The molecular weight excluding hydrogens is 591 g/mol. The minimum atomic E-state index is -1.70. The Kier molecular flexibility index (Phi) is 9.75. The van der Waals surface area contributed by atoms with Crippen molar-refractivity contribution < 1.29 is 37.5 Å². The van der Waals surface area contributed by atoms with Gasteiger partial charge in [-0.05, 0) is 62.4 Å². The van der Waals surface area contributed by atoms with E-state index in [1.165, 1.54) is 32.2 Å². The zero-order valence-corrected chi connectivity index (χ0v) is 24.9. The number of benzene rings is 4. The maximum atomic E-state index is 13.7. The standard InChI is InChI=1S/C30H26Cl2O8S/c1-5-37-28-26(39-17(3)33)20-14-12-19(41(35)25-10-8-7-9-24(25)36-4)16-22(20)27(29(28)38-6-2)40-30(34)21-13-11-18(31)15-23(21)32/h7-16H,5-6H2,1-4H3. The van der Waals surface area contributed by atoms with Crippen LogP contribution in [0.2, 0.25) is 10.0 Å². The van der Waals surface area contributed by atoms with Gasteiger partial charge in [-0.1, -0.05) is 35.3 Å². The fourth-order valence-corrected chi connectivity index (χ4v) is 5.77. The van der Waals surface area contributed by atoms with Crippen molar-refractivity contribution in [3.63, 3.8) is 0 Å². The Balaban J connectivity index is 2.01. The normalized spacial score (nSPS) is 11.6. The summed E-state index contributed by atoms with van der Waals surface area (Å²) in [6.07, 6.45) is 0. The highest BCUT2D eigenvalue weighted by molar-refractivity contribution is 7.85. The number of hydrogen-bond donors (Lipinski definition) is 0. The molecule has 11 heteroatoms. The van der Waals surface area contributed by atoms with Gasteiger partial charge in [0, 0.05) is 27.6 Å². The molecule has 0 N–H and O–H groups in total. The lowest BCUT2D eigenvalue weighted by atomic mass is 10.1. The average molecular weight is 618 g/mol. The molecule has 0 aliphatic rings. The summed E-state index contributed by atoms with van der Waals surface area (Å²) in [4.78, 5) is 26.3. The number of fused-ring (bicyclic) bond motifs is 1. The summed E-state index contributed by atoms with van der Waals surface area (Å²) in [5, 5.41) is 1.08. The van der Waals surface area contributed by atoms with E-state index in [0.717, 1.165) is 0 Å². The lowest BCUT2D eigenvalue weighted by molar-refractivity contribution is -0.131. The Morgan fingerprint density at radius 2 is 1.46 bits per heavy atom. The summed E-state index contributed by atoms with van der Waals surface area (Å²) >= 11 is 12.3. The summed E-state index contributed by atoms with van der Waals surface area (Å²) in [5.41, 5.74) is 0.0578. The van der Waals surface area contributed by atoms with Crippen LogP contribution in [-0.4, -0.2) is 36.5 Å². The Morgan fingerprint density at radius 1 is 0.805 bits per heavy atom. The first kappa shape index (κ1) is 30.2. The molecule has 0 saturated heterocycles. The highest BCUT2D eigenvalue weighted by Gasteiger charge is 2.29. The smallest absolute Gasteiger partial charge is 0.345 e. The van der Waals surface area contributed by atoms with Gasteiger partial charge in [0.15, 0.2) is 11.5 Å². The molecular formula is C30H26Cl2O8S. The maximum absolute atomic E-state index is 13.7. The van der Waals surface area contributed by atoms with Gasteiger partial charge >= 0.3 is 11.9 Å². The summed E-state index contributed by atoms with van der Waals surface area (Å²) < 4.78 is 42.4. The number of methoxy groups -OCH3 is 1. The van der Waals surface area contributed by atoms with Crippen LogP contribution in [-0.2, 0) is 15.6 Å². The molecule has 0 radical (unpaired) electrons. The van der Waals surface area contributed by atoms with Crippen molar-refractivity contribution in [2.45, 2.75) is 30.6 Å². The van der Waals surface area contributed by atoms with Gasteiger partial charge in [-0.15, -0.1) is 0 Å². The van der Waals surface area contributed by atoms with Crippen molar-refractivity contribution in [1.29, 1.82) is 0 Å². The molecule has 0 amide bonds. The predicted molar refractivity (Wildman–Crippen MR) is 157 cm³/mol. The third-order valence-corrected chi connectivity index (χ3v) is 7.72. The molecule has 0 aromatic heterocycles. The Hall–Kier alpha value is -3.79. The van der Waals surface area contributed by atoms with Gasteiger partial charge in [0.25, 0.3) is 0 Å². The minimum absolute atomic E-state index is 0.0248. The summed E-state index contributed by atoms with van der Waals surface area (Å²) in [7, 11) is -0.204. The number of rotatable bonds is 10. The first-order valence-corrected chi connectivity index (χ1v) is 14.4. The Morgan fingerprint density at radius 3 is 2.07 bits per heavy atom. The largest absolute Gasteiger partial charge is 0.495 e. The summed E-state index contributed by atoms with van der Waals surface area (Å²) in [6.45, 7) is 5.08. The molecule has 4 rings (SSSR count). The van der Waals surface area contributed by atoms with Crippen molar-refractivity contribution in [2.75, 3.05) is 20.3 Å². The van der Waals surface area contributed by atoms with Crippen LogP contribution in [0.3, 0.4) is 0 Å². The molecule has 214 valence electrons. The molecule has 4 aromatic carbocycles. The van der Waals surface area contributed by atoms with Crippen molar-refractivity contribution in [1.82, 2.24) is 0 Å². The third-order valence-electron chi connectivity index (χ3n) is 5.75. The van der Waals surface area contributed by atoms with Crippen LogP contribution in [0.25, 0.3) is 10.8 Å². The van der Waals surface area contributed by atoms with Crippen molar-refractivity contribution in [2.24, 2.45) is 0 Å². The number of para-hydroxylation sites is 1. The first-order valence-electron chi connectivity index (χ1n) is 12.5. The van der Waals surface area contributed by atoms with E-state index in [2.05, 4.69) is 0 Å². The predicted octanol–water partition coefficient (Wildman–Crippen LogP) is 7.26. The molecule has 1 atom stereocenters. The van der Waals surface area contributed by atoms with Crippen LogP contribution >= 0.6 is 23.2 Å². The molecule has 8 nitrogen and oxygen atoms in total. The van der Waals surface area contributed by atoms with Crippen molar-refractivity contribution >= 4 is 56.7 Å². The third kappa shape index (κ3) is 6.43. The van der Waals surface area contributed by atoms with Crippen molar-refractivity contribution in [3.8, 4) is 28.7 Å². The summed E-state index contributed by atoms with van der Waals surface area (Å²) in [6, 6.07) is 16.1. The number of hydrogen-bond acceptors (Lipinski definition) is 8. The number of ether oxygens (including phenoxy) is 5. The van der Waals surface area contributed by atoms with Crippen LogP contribution in [0.15, 0.2) is 70.5 Å². The van der Waals surface area contributed by atoms with Gasteiger partial charge in [0.1, 0.15) is 5.75 Å². The minimum Gasteiger partial charge on any atom is -0.495 e. The van der Waals surface area contributed by atoms with E-state index in [0.29, 0.717) is 25.9 Å². The van der Waals surface area contributed by atoms with E-state index in [1.807, 2.05) is 0 Å². The number of carbonyl (C=O) groups is 2. The highest BCUT2D eigenvalue weighted by atomic mass is 35.5. The van der Waals surface area contributed by atoms with Crippen LogP contribution < -0.4 is 23.7 Å². The molecule has 4 aromatic rings. The van der Waals surface area contributed by atoms with E-state index >= 15 is 0 Å². The number of carbonyl (C=O) groups excluding carboxylic acids is 2. The van der Waals surface area contributed by atoms with E-state index in [4.69, 9.17) is 46.9 Å². The van der Waals surface area contributed by atoms with Crippen LogP contribution in [0.4, 0.5) is 0 Å². The summed E-state index contributed by atoms with van der Waals surface area (Å²) in [5.74, 6) is -0.829. The fraction of sp³-hybridized carbons (Fsp3) is 0.200. The Labute approximate surface area is 249 Å². The molecule has 0 spiro atoms. The van der Waals surface area contributed by atoms with E-state index < -0.39 is 22.7 Å². The molecule has 0 heterocycles. The zero-order valence-electron chi connectivity index (χ0n) is 22.6. The highest BCUT2D eigenvalue weighted by Crippen LogP contribution is 2.52. The van der Waals surface area contributed by atoms with Crippen LogP contribution in [0.5, 0.6) is 28.7 Å². The van der Waals surface area contributed by atoms with Crippen molar-refractivity contribution in [3.05, 3.63) is 76.3 Å². The molecule has 0 aliphatic carbocycles. The fourth-order valence-electron chi connectivity index (χ4n) is 4.07. The topological polar surface area (TPSA) is 97.4 Å². The zero-order chi connectivity index (χ0) is 29.7. The molecule has 0 fully saturated rings. The monoisotopic (exact) mass is 616 g/mol. The van der Waals surface area contributed by atoms with Gasteiger partial charge in [0.05, 0.1) is 46.6 Å². The van der Waals surface area contributed by atoms with Gasteiger partial charge < -0.3 is 23.7 Å². The lowest BCUT2D eigenvalue weighted by Crippen LogP contribution is -2.13. The van der Waals surface area contributed by atoms with E-state index in [9.17, 15) is 13.8 Å². The lowest BCUT2D eigenvalue weighted by Gasteiger charge is -2.21. The van der Waals surface area contributed by atoms with E-state index in [-0.39, 0.29) is 52.2 Å². The molecule has 41 heavy (non-hydrogen) atoms. The second-order valence-corrected chi connectivity index (χ2v) is 10.7. The van der Waals surface area contributed by atoms with E-state index in [1.54, 1.807) is 56.3 Å². The molecule has 0 bridgehead atoms. The van der Waals surface area contributed by atoms with Gasteiger partial charge in [-0.25, -0.2) is 9.00 Å². The SMILES string of the molecule is CCOc1c(OCC)c(OC(=O)c2ccc(Cl)cc2Cl)c2cc(S(=O)c3ccccc3OC)ccc2c1OC(C)=O. The first-order chi connectivity index (χ1) is 19.7. The second-order valence-electron chi connectivity index (χ2n) is 8.42. The van der Waals surface area contributed by atoms with Gasteiger partial charge in [-0.3, -0.25) is 4.79 Å². The molecule has 1 unspecified atom stereocenters. The number of esters is 2. The van der Waals surface area contributed by atoms with Gasteiger partial charge in [0.2, 0.25) is 11.5 Å². The molecule has 0 saturated carbocycles. The van der Waals surface area contributed by atoms with Crippen LogP contribution in [0, 0.1) is 0 Å². The Bertz CT molecular complexity index is 1650. The van der Waals surface area contributed by atoms with Crippen LogP contribution in [0.1, 0.15) is 31.1 Å². The average Bonchev–Trinajstić information content (AvgIpc) is 2.95. The quantitative estimate of drug-likeness (QED) is 0.136.